The molecule has 3 N–H and O–H groups in total. The van der Waals surface area contributed by atoms with Crippen molar-refractivity contribution in [3.8, 4) is 0 Å². The van der Waals surface area contributed by atoms with Gasteiger partial charge in [-0.25, -0.2) is 0 Å². The number of aryl methyl sites for hydroxylation is 2. The number of aliphatic imine (C=N–C) groups is 1. The molecule has 0 radical (unpaired) electrons. The quantitative estimate of drug-likeness (QED) is 0.591. The molecule has 0 bridgehead atoms. The van der Waals surface area contributed by atoms with E-state index in [1.54, 1.807) is 13.2 Å². The Morgan fingerprint density at radius 2 is 2.00 bits per heavy atom. The molecule has 0 unspecified atom stereocenters. The summed E-state index contributed by atoms with van der Waals surface area (Å²) >= 11 is 0. The molecule has 0 saturated heterocycles. The summed E-state index contributed by atoms with van der Waals surface area (Å²) in [4.78, 5) is 4.16. The molecule has 0 aliphatic heterocycles. The summed E-state index contributed by atoms with van der Waals surface area (Å²) in [6.07, 6.45) is 1.55. The van der Waals surface area contributed by atoms with Gasteiger partial charge in [-0.15, -0.1) is 0 Å². The fourth-order valence-corrected chi connectivity index (χ4v) is 1.37. The number of amidine groups is 1. The van der Waals surface area contributed by atoms with Gasteiger partial charge in [0, 0.05) is 24.5 Å². The predicted octanol–water partition coefficient (Wildman–Crippen LogP) is 2.61. The van der Waals surface area contributed by atoms with E-state index >= 15 is 0 Å². The van der Waals surface area contributed by atoms with Crippen molar-refractivity contribution in [2.45, 2.75) is 20.8 Å². The molecule has 0 aromatic heterocycles. The van der Waals surface area contributed by atoms with Crippen LogP contribution >= 0.6 is 0 Å². The molecule has 0 aliphatic rings. The molecule has 1 rings (SSSR count). The SMILES string of the molecule is CN=C(Nc1ccc(C)c(C)c1)/C(C)=C\N. The maximum absolute atomic E-state index is 5.47. The summed E-state index contributed by atoms with van der Waals surface area (Å²) in [7, 11) is 1.75. The lowest BCUT2D eigenvalue weighted by Gasteiger charge is -2.11. The minimum absolute atomic E-state index is 0.797. The van der Waals surface area contributed by atoms with Gasteiger partial charge in [0.05, 0.1) is 0 Å². The first-order valence-corrected chi connectivity index (χ1v) is 5.28. The third kappa shape index (κ3) is 2.86. The van der Waals surface area contributed by atoms with Crippen LogP contribution in [0, 0.1) is 13.8 Å². The summed E-state index contributed by atoms with van der Waals surface area (Å²) < 4.78 is 0. The number of rotatable bonds is 2. The summed E-state index contributed by atoms with van der Waals surface area (Å²) in [5, 5.41) is 3.25. The number of hydrogen-bond acceptors (Lipinski definition) is 2. The van der Waals surface area contributed by atoms with Gasteiger partial charge in [-0.1, -0.05) is 6.07 Å². The van der Waals surface area contributed by atoms with E-state index in [1.165, 1.54) is 11.1 Å². The molecule has 0 amide bonds. The van der Waals surface area contributed by atoms with Gasteiger partial charge in [0.1, 0.15) is 5.84 Å². The smallest absolute Gasteiger partial charge is 0.129 e. The predicted molar refractivity (Wildman–Crippen MR) is 70.8 cm³/mol. The number of anilines is 1. The molecule has 3 nitrogen and oxygen atoms in total. The Labute approximate surface area is 97.1 Å². The van der Waals surface area contributed by atoms with Crippen LogP contribution in [0.2, 0.25) is 0 Å². The van der Waals surface area contributed by atoms with E-state index in [-0.39, 0.29) is 0 Å². The molecular formula is C13H19N3. The van der Waals surface area contributed by atoms with Crippen molar-refractivity contribution in [1.29, 1.82) is 0 Å². The van der Waals surface area contributed by atoms with Crippen LogP contribution in [-0.2, 0) is 0 Å². The van der Waals surface area contributed by atoms with Crippen LogP contribution < -0.4 is 11.1 Å². The van der Waals surface area contributed by atoms with Crippen LogP contribution in [0.4, 0.5) is 5.69 Å². The molecule has 1 aromatic rings. The third-order valence-electron chi connectivity index (χ3n) is 2.62. The second-order valence-corrected chi connectivity index (χ2v) is 3.85. The zero-order chi connectivity index (χ0) is 12.1. The molecule has 16 heavy (non-hydrogen) atoms. The lowest BCUT2D eigenvalue weighted by atomic mass is 10.1. The van der Waals surface area contributed by atoms with Crippen molar-refractivity contribution in [1.82, 2.24) is 0 Å². The highest BCUT2D eigenvalue weighted by atomic mass is 15.0. The van der Waals surface area contributed by atoms with Gasteiger partial charge in [0.2, 0.25) is 0 Å². The Kier molecular flexibility index (Phi) is 4.11. The Balaban J connectivity index is 2.92. The van der Waals surface area contributed by atoms with Gasteiger partial charge < -0.3 is 11.1 Å². The third-order valence-corrected chi connectivity index (χ3v) is 2.62. The molecular weight excluding hydrogens is 198 g/mol. The number of benzene rings is 1. The van der Waals surface area contributed by atoms with Crippen molar-refractivity contribution in [2.75, 3.05) is 12.4 Å². The minimum Gasteiger partial charge on any atom is -0.404 e. The second-order valence-electron chi connectivity index (χ2n) is 3.85. The standard InChI is InChI=1S/C13H19N3/c1-9-5-6-12(7-10(9)2)16-13(15-4)11(3)8-14/h5-8H,14H2,1-4H3,(H,15,16)/b11-8-. The summed E-state index contributed by atoms with van der Waals surface area (Å²) in [6.45, 7) is 6.12. The molecule has 3 heteroatoms. The monoisotopic (exact) mass is 217 g/mol. The molecule has 0 aliphatic carbocycles. The van der Waals surface area contributed by atoms with Crippen molar-refractivity contribution >= 4 is 11.5 Å². The van der Waals surface area contributed by atoms with Crippen LogP contribution in [0.15, 0.2) is 35.0 Å². The summed E-state index contributed by atoms with van der Waals surface area (Å²) in [6, 6.07) is 6.23. The van der Waals surface area contributed by atoms with E-state index in [9.17, 15) is 0 Å². The Bertz CT molecular complexity index is 431. The lowest BCUT2D eigenvalue weighted by molar-refractivity contribution is 1.33. The first-order valence-electron chi connectivity index (χ1n) is 5.28. The summed E-state index contributed by atoms with van der Waals surface area (Å²) in [5.74, 6) is 0.797. The highest BCUT2D eigenvalue weighted by Gasteiger charge is 2.02. The van der Waals surface area contributed by atoms with Gasteiger partial charge in [-0.05, 0) is 44.0 Å². The summed E-state index contributed by atoms with van der Waals surface area (Å²) in [5.41, 5.74) is 9.98. The van der Waals surface area contributed by atoms with Gasteiger partial charge in [-0.3, -0.25) is 4.99 Å². The maximum Gasteiger partial charge on any atom is 0.129 e. The Hall–Kier alpha value is -1.77. The van der Waals surface area contributed by atoms with Crippen molar-refractivity contribution < 1.29 is 0 Å². The first kappa shape index (κ1) is 12.3. The minimum atomic E-state index is 0.797. The molecule has 0 atom stereocenters. The lowest BCUT2D eigenvalue weighted by Crippen LogP contribution is -2.14. The van der Waals surface area contributed by atoms with Gasteiger partial charge in [-0.2, -0.15) is 0 Å². The maximum atomic E-state index is 5.47. The molecule has 86 valence electrons. The van der Waals surface area contributed by atoms with E-state index in [4.69, 9.17) is 5.73 Å². The van der Waals surface area contributed by atoms with E-state index in [2.05, 4.69) is 36.3 Å². The van der Waals surface area contributed by atoms with E-state index in [1.807, 2.05) is 13.0 Å². The molecule has 0 saturated carbocycles. The fourth-order valence-electron chi connectivity index (χ4n) is 1.37. The molecule has 1 aromatic carbocycles. The van der Waals surface area contributed by atoms with Crippen LogP contribution in [0.1, 0.15) is 18.1 Å². The average molecular weight is 217 g/mol. The average Bonchev–Trinajstić information content (AvgIpc) is 2.29. The van der Waals surface area contributed by atoms with E-state index in [0.717, 1.165) is 17.1 Å². The zero-order valence-electron chi connectivity index (χ0n) is 10.3. The highest BCUT2D eigenvalue weighted by Crippen LogP contribution is 2.15. The van der Waals surface area contributed by atoms with Crippen molar-refractivity contribution in [3.63, 3.8) is 0 Å². The Morgan fingerprint density at radius 3 is 2.50 bits per heavy atom. The zero-order valence-corrected chi connectivity index (χ0v) is 10.3. The number of nitrogens with two attached hydrogens (primary N) is 1. The molecule has 0 fully saturated rings. The van der Waals surface area contributed by atoms with Crippen molar-refractivity contribution in [3.05, 3.63) is 41.1 Å². The van der Waals surface area contributed by atoms with Crippen LogP contribution in [0.3, 0.4) is 0 Å². The number of hydrogen-bond donors (Lipinski definition) is 2. The van der Waals surface area contributed by atoms with Crippen LogP contribution in [0.25, 0.3) is 0 Å². The van der Waals surface area contributed by atoms with Gasteiger partial charge in [0.15, 0.2) is 0 Å². The highest BCUT2D eigenvalue weighted by molar-refractivity contribution is 6.07. The Morgan fingerprint density at radius 1 is 1.31 bits per heavy atom. The van der Waals surface area contributed by atoms with Gasteiger partial charge in [0.25, 0.3) is 0 Å². The second kappa shape index (κ2) is 5.35. The van der Waals surface area contributed by atoms with E-state index < -0.39 is 0 Å². The van der Waals surface area contributed by atoms with Gasteiger partial charge >= 0.3 is 0 Å². The number of nitrogens with zero attached hydrogens (tertiary/aromatic N) is 1. The van der Waals surface area contributed by atoms with Crippen molar-refractivity contribution in [2.24, 2.45) is 10.7 Å². The molecule has 0 spiro atoms. The molecule has 0 heterocycles. The van der Waals surface area contributed by atoms with Crippen LogP contribution in [0.5, 0.6) is 0 Å². The van der Waals surface area contributed by atoms with E-state index in [0.29, 0.717) is 0 Å². The normalized spacial score (nSPS) is 12.8. The fraction of sp³-hybridized carbons (Fsp3) is 0.308. The number of nitrogens with one attached hydrogen (secondary N) is 1. The largest absolute Gasteiger partial charge is 0.404 e. The topological polar surface area (TPSA) is 50.4 Å². The first-order chi connectivity index (χ1) is 7.58. The van der Waals surface area contributed by atoms with Crippen LogP contribution in [-0.4, -0.2) is 12.9 Å².